The van der Waals surface area contributed by atoms with E-state index < -0.39 is 6.15 Å². The molecule has 5 heteroatoms. The van der Waals surface area contributed by atoms with Crippen molar-refractivity contribution in [2.24, 2.45) is 0 Å². The lowest BCUT2D eigenvalue weighted by molar-refractivity contribution is -0.849. The first kappa shape index (κ1) is 23.0. The summed E-state index contributed by atoms with van der Waals surface area (Å²) in [6, 6.07) is 13.2. The lowest BCUT2D eigenvalue weighted by atomic mass is 9.23. The van der Waals surface area contributed by atoms with Crippen LogP contribution in [0.5, 0.6) is 0 Å². The zero-order chi connectivity index (χ0) is 20.5. The maximum atomic E-state index is 3.74. The van der Waals surface area contributed by atoms with E-state index in [4.69, 9.17) is 0 Å². The molecule has 0 radical (unpaired) electrons. The predicted molar refractivity (Wildman–Crippen MR) is 133 cm³/mol. The van der Waals surface area contributed by atoms with Gasteiger partial charge in [0.2, 0.25) is 0 Å². The summed E-state index contributed by atoms with van der Waals surface area (Å²) < 4.78 is 5.16. The van der Waals surface area contributed by atoms with E-state index in [0.717, 1.165) is 10.9 Å². The van der Waals surface area contributed by atoms with Crippen molar-refractivity contribution >= 4 is 54.5 Å². The Labute approximate surface area is 183 Å². The van der Waals surface area contributed by atoms with Crippen LogP contribution >= 0.6 is 34.0 Å². The Morgan fingerprint density at radius 1 is 0.786 bits per heavy atom. The predicted octanol–water partition coefficient (Wildman–Crippen LogP) is 4.79. The van der Waals surface area contributed by atoms with Crippen LogP contribution in [0.1, 0.15) is 32.6 Å². The fraction of sp³-hybridized carbons (Fsp3) is 0.391. The number of unbranched alkanes of at least 4 members (excludes halogenated alkanes) is 3. The standard InChI is InChI=1S/C19H20BS3.C4H12N/c1-2-3-4-5-6-13-20(17-10-7-14-21-17,18-11-8-15-22-18)19-12-9-16-23-19;1-5(2,3)4/h7-12,14-16H,2-5H2,1H3;1-4H3/q-1;+1. The second kappa shape index (κ2) is 11.0. The normalized spacial score (nSPS) is 11.3. The Bertz CT molecular complexity index is 742. The first-order valence-electron chi connectivity index (χ1n) is 9.94. The second-order valence-electron chi connectivity index (χ2n) is 8.37. The van der Waals surface area contributed by atoms with Crippen LogP contribution in [0.25, 0.3) is 0 Å². The molecule has 28 heavy (non-hydrogen) atoms. The average Bonchev–Trinajstić information content (AvgIpc) is 3.41. The van der Waals surface area contributed by atoms with Gasteiger partial charge in [0.05, 0.1) is 28.2 Å². The van der Waals surface area contributed by atoms with Crippen molar-refractivity contribution in [3.05, 3.63) is 52.5 Å². The van der Waals surface area contributed by atoms with Crippen molar-refractivity contribution in [2.75, 3.05) is 28.2 Å². The molecule has 0 saturated carbocycles. The molecule has 0 spiro atoms. The third-order valence-corrected chi connectivity index (χ3v) is 7.30. The summed E-state index contributed by atoms with van der Waals surface area (Å²) in [5.74, 6) is 7.27. The Morgan fingerprint density at radius 2 is 1.21 bits per heavy atom. The highest BCUT2D eigenvalue weighted by Gasteiger charge is 2.31. The Morgan fingerprint density at radius 3 is 1.54 bits per heavy atom. The molecule has 3 aromatic rings. The van der Waals surface area contributed by atoms with Crippen LogP contribution in [-0.2, 0) is 0 Å². The van der Waals surface area contributed by atoms with Crippen molar-refractivity contribution in [3.8, 4) is 11.7 Å². The molecule has 150 valence electrons. The molecule has 1 nitrogen and oxygen atoms in total. The molecule has 0 fully saturated rings. The van der Waals surface area contributed by atoms with E-state index in [0.29, 0.717) is 0 Å². The second-order valence-corrected chi connectivity index (χ2v) is 11.3. The summed E-state index contributed by atoms with van der Waals surface area (Å²) in [7, 11) is 8.50. The number of rotatable bonds is 6. The van der Waals surface area contributed by atoms with Crippen LogP contribution in [-0.4, -0.2) is 38.8 Å². The molecule has 0 atom stereocenters. The molecule has 0 saturated heterocycles. The lowest BCUT2D eigenvalue weighted by Crippen LogP contribution is -2.63. The fourth-order valence-electron chi connectivity index (χ4n) is 2.94. The topological polar surface area (TPSA) is 0 Å². The highest BCUT2D eigenvalue weighted by molar-refractivity contribution is 7.47. The summed E-state index contributed by atoms with van der Waals surface area (Å²) in [4.78, 5) is 0. The summed E-state index contributed by atoms with van der Waals surface area (Å²) >= 11 is 5.50. The van der Waals surface area contributed by atoms with Gasteiger partial charge >= 0.3 is 0 Å². The maximum absolute atomic E-state index is 3.74. The molecule has 3 heterocycles. The monoisotopic (exact) mass is 429 g/mol. The van der Waals surface area contributed by atoms with Gasteiger partial charge < -0.3 is 4.48 Å². The quantitative estimate of drug-likeness (QED) is 0.229. The minimum atomic E-state index is -1.12. The van der Waals surface area contributed by atoms with Gasteiger partial charge in [-0.3, -0.25) is 5.82 Å². The van der Waals surface area contributed by atoms with Crippen LogP contribution in [0.4, 0.5) is 0 Å². The zero-order valence-electron chi connectivity index (χ0n) is 17.8. The molecule has 0 bridgehead atoms. The van der Waals surface area contributed by atoms with E-state index in [-0.39, 0.29) is 0 Å². The number of hydrogen-bond donors (Lipinski definition) is 0. The van der Waals surface area contributed by atoms with E-state index in [1.165, 1.54) is 33.6 Å². The van der Waals surface area contributed by atoms with Gasteiger partial charge in [-0.1, -0.05) is 56.2 Å². The van der Waals surface area contributed by atoms with Crippen molar-refractivity contribution in [1.82, 2.24) is 0 Å². The molecular weight excluding hydrogens is 397 g/mol. The molecule has 0 aliphatic carbocycles. The smallest absolute Gasteiger partial charge is 0.179 e. The Balaban J connectivity index is 0.000000500. The van der Waals surface area contributed by atoms with E-state index in [2.05, 4.69) is 99.4 Å². The SMILES string of the molecule is CCCCCC#C[B-](c1cccs1)(c1cccs1)c1cccs1.C[N+](C)(C)C. The van der Waals surface area contributed by atoms with Crippen molar-refractivity contribution in [1.29, 1.82) is 0 Å². The molecule has 0 aliphatic heterocycles. The van der Waals surface area contributed by atoms with Crippen LogP contribution in [0.15, 0.2) is 52.5 Å². The third kappa shape index (κ3) is 6.63. The molecule has 0 amide bonds. The fourth-order valence-corrected chi connectivity index (χ4v) is 6.12. The van der Waals surface area contributed by atoms with Gasteiger partial charge in [-0.15, -0.1) is 20.2 Å². The molecule has 3 aromatic heterocycles. The zero-order valence-corrected chi connectivity index (χ0v) is 20.2. The Hall–Kier alpha value is -1.32. The molecule has 0 aliphatic rings. The highest BCUT2D eigenvalue weighted by Crippen LogP contribution is 2.15. The van der Waals surface area contributed by atoms with Gasteiger partial charge in [-0.25, -0.2) is 0 Å². The van der Waals surface area contributed by atoms with Gasteiger partial charge in [0.25, 0.3) is 0 Å². The lowest BCUT2D eigenvalue weighted by Gasteiger charge is -2.33. The summed E-state index contributed by atoms with van der Waals surface area (Å²) in [5, 5.41) is 6.52. The molecular formula is C23H32BNS3. The first-order valence-corrected chi connectivity index (χ1v) is 12.6. The van der Waals surface area contributed by atoms with Gasteiger partial charge in [0, 0.05) is 6.42 Å². The van der Waals surface area contributed by atoms with E-state index >= 15 is 0 Å². The number of nitrogens with zero attached hydrogens (tertiary/aromatic N) is 1. The Kier molecular flexibility index (Phi) is 9.04. The third-order valence-electron chi connectivity index (χ3n) is 4.13. The van der Waals surface area contributed by atoms with Crippen LogP contribution in [0, 0.1) is 11.7 Å². The van der Waals surface area contributed by atoms with Crippen molar-refractivity contribution in [3.63, 3.8) is 0 Å². The maximum Gasteiger partial charge on any atom is 0.179 e. The first-order chi connectivity index (χ1) is 13.4. The average molecular weight is 430 g/mol. The molecule has 0 N–H and O–H groups in total. The summed E-state index contributed by atoms with van der Waals surface area (Å²) in [6.45, 7) is 2.24. The molecule has 3 rings (SSSR count). The number of hydrogen-bond acceptors (Lipinski definition) is 3. The van der Waals surface area contributed by atoms with Crippen LogP contribution in [0.3, 0.4) is 0 Å². The largest absolute Gasteiger partial charge is 0.333 e. The van der Waals surface area contributed by atoms with Crippen molar-refractivity contribution in [2.45, 2.75) is 32.6 Å². The van der Waals surface area contributed by atoms with Gasteiger partial charge in [0.15, 0.2) is 6.15 Å². The van der Waals surface area contributed by atoms with E-state index in [1.807, 2.05) is 34.0 Å². The van der Waals surface area contributed by atoms with Crippen LogP contribution in [0.2, 0.25) is 0 Å². The van der Waals surface area contributed by atoms with Gasteiger partial charge in [0.1, 0.15) is 0 Å². The van der Waals surface area contributed by atoms with E-state index in [1.54, 1.807) is 0 Å². The number of thiophene rings is 3. The minimum Gasteiger partial charge on any atom is -0.333 e. The van der Waals surface area contributed by atoms with E-state index in [9.17, 15) is 0 Å². The van der Waals surface area contributed by atoms with Gasteiger partial charge in [-0.05, 0) is 22.6 Å². The van der Waals surface area contributed by atoms with Gasteiger partial charge in [-0.2, -0.15) is 34.0 Å². The minimum absolute atomic E-state index is 0.999. The molecule has 0 aromatic carbocycles. The summed E-state index contributed by atoms with van der Waals surface area (Å²) in [6.07, 6.45) is 3.60. The van der Waals surface area contributed by atoms with Crippen LogP contribution < -0.4 is 14.3 Å². The highest BCUT2D eigenvalue weighted by atomic mass is 32.1. The molecule has 0 unspecified atom stereocenters. The van der Waals surface area contributed by atoms with Crippen molar-refractivity contribution < 1.29 is 4.48 Å². The summed E-state index contributed by atoms with van der Waals surface area (Å²) in [5.41, 5.74) is 0. The number of quaternary nitrogens is 1.